The number of thiocarbonyl (C=S) groups is 1. The van der Waals surface area contributed by atoms with Crippen molar-refractivity contribution in [2.45, 2.75) is 32.6 Å². The van der Waals surface area contributed by atoms with Crippen LogP contribution >= 0.6 is 12.2 Å². The van der Waals surface area contributed by atoms with Crippen molar-refractivity contribution in [2.75, 3.05) is 16.6 Å². The zero-order chi connectivity index (χ0) is 25.6. The molecule has 0 saturated heterocycles. The number of anilines is 2. The number of ether oxygens (including phenoxy) is 1. The van der Waals surface area contributed by atoms with Gasteiger partial charge in [-0.3, -0.25) is 14.8 Å². The molecule has 0 spiro atoms. The van der Waals surface area contributed by atoms with Gasteiger partial charge in [-0.15, -0.1) is 0 Å². The van der Waals surface area contributed by atoms with E-state index in [1.165, 1.54) is 12.1 Å². The van der Waals surface area contributed by atoms with Crippen LogP contribution in [-0.4, -0.2) is 26.0 Å². The van der Waals surface area contributed by atoms with E-state index in [9.17, 15) is 13.2 Å². The fourth-order valence-corrected chi connectivity index (χ4v) is 4.37. The van der Waals surface area contributed by atoms with Crippen molar-refractivity contribution in [2.24, 2.45) is 5.92 Å². The van der Waals surface area contributed by atoms with Crippen molar-refractivity contribution in [1.82, 2.24) is 5.32 Å². The van der Waals surface area contributed by atoms with E-state index in [0.29, 0.717) is 35.2 Å². The Morgan fingerprint density at radius 1 is 0.943 bits per heavy atom. The molecule has 7 nitrogen and oxygen atoms in total. The van der Waals surface area contributed by atoms with E-state index in [-0.39, 0.29) is 10.0 Å². The lowest BCUT2D eigenvalue weighted by molar-refractivity contribution is 0.0973. The van der Waals surface area contributed by atoms with Gasteiger partial charge in [-0.05, 0) is 91.6 Å². The lowest BCUT2D eigenvalue weighted by Crippen LogP contribution is -2.34. The van der Waals surface area contributed by atoms with Crippen LogP contribution in [0.25, 0.3) is 0 Å². The Labute approximate surface area is 212 Å². The number of aryl methyl sites for hydroxylation is 2. The number of benzene rings is 3. The third kappa shape index (κ3) is 7.27. The first-order valence-electron chi connectivity index (χ1n) is 11.1. The summed E-state index contributed by atoms with van der Waals surface area (Å²) in [7, 11) is -3.75. The van der Waals surface area contributed by atoms with Crippen LogP contribution in [-0.2, 0) is 10.0 Å². The number of para-hydroxylation sites is 1. The molecule has 0 heterocycles. The molecule has 0 aliphatic heterocycles. The van der Waals surface area contributed by atoms with Gasteiger partial charge in [-0.25, -0.2) is 8.42 Å². The van der Waals surface area contributed by atoms with Gasteiger partial charge >= 0.3 is 0 Å². The first-order chi connectivity index (χ1) is 16.5. The maximum Gasteiger partial charge on any atom is 0.261 e. The highest BCUT2D eigenvalue weighted by Gasteiger charge is 2.16. The molecule has 0 saturated carbocycles. The molecule has 3 aromatic carbocycles. The Hall–Kier alpha value is -3.43. The molecule has 0 atom stereocenters. The fourth-order valence-electron chi connectivity index (χ4n) is 3.11. The van der Waals surface area contributed by atoms with Gasteiger partial charge in [0.15, 0.2) is 5.11 Å². The van der Waals surface area contributed by atoms with Crippen LogP contribution in [0.2, 0.25) is 0 Å². The average molecular weight is 512 g/mol. The first-order valence-corrected chi connectivity index (χ1v) is 13.0. The lowest BCUT2D eigenvalue weighted by Gasteiger charge is -2.14. The monoisotopic (exact) mass is 511 g/mol. The summed E-state index contributed by atoms with van der Waals surface area (Å²) in [5.74, 6) is 0.392. The molecule has 184 valence electrons. The summed E-state index contributed by atoms with van der Waals surface area (Å²) in [5, 5.41) is 5.61. The van der Waals surface area contributed by atoms with Gasteiger partial charge < -0.3 is 10.1 Å². The zero-order valence-corrected chi connectivity index (χ0v) is 21.7. The minimum atomic E-state index is -3.75. The molecular formula is C26H29N3O4S2. The molecule has 0 aromatic heterocycles. The molecule has 0 aliphatic rings. The number of hydrogen-bond acceptors (Lipinski definition) is 5. The summed E-state index contributed by atoms with van der Waals surface area (Å²) in [6, 6.07) is 18.4. The number of carbonyl (C=O) groups excluding carboxylic acids is 1. The van der Waals surface area contributed by atoms with Crippen molar-refractivity contribution in [3.63, 3.8) is 0 Å². The quantitative estimate of drug-likeness (QED) is 0.357. The maximum absolute atomic E-state index is 12.7. The number of sulfonamides is 1. The number of rotatable bonds is 8. The largest absolute Gasteiger partial charge is 0.492 e. The molecule has 9 heteroatoms. The van der Waals surface area contributed by atoms with E-state index in [1.54, 1.807) is 48.5 Å². The van der Waals surface area contributed by atoms with Gasteiger partial charge in [0, 0.05) is 11.4 Å². The van der Waals surface area contributed by atoms with Crippen LogP contribution in [0, 0.1) is 19.8 Å². The second kappa shape index (κ2) is 11.3. The molecule has 0 aliphatic carbocycles. The maximum atomic E-state index is 12.7. The standard InChI is InChI=1S/C26H29N3O4S2/c1-17(2)16-33-24-8-6-5-7-23(24)25(30)28-26(34)27-20-11-13-22(14-12-20)35(31,32)29-21-10-9-18(3)19(4)15-21/h5-15,17,29H,16H2,1-4H3,(H2,27,28,30,34). The minimum Gasteiger partial charge on any atom is -0.492 e. The second-order valence-electron chi connectivity index (χ2n) is 8.54. The van der Waals surface area contributed by atoms with E-state index in [2.05, 4.69) is 15.4 Å². The normalized spacial score (nSPS) is 11.1. The predicted octanol–water partition coefficient (Wildman–Crippen LogP) is 5.27. The fraction of sp³-hybridized carbons (Fsp3) is 0.231. The molecule has 3 aromatic rings. The van der Waals surface area contributed by atoms with Crippen molar-refractivity contribution < 1.29 is 17.9 Å². The Bertz CT molecular complexity index is 1320. The summed E-state index contributed by atoms with van der Waals surface area (Å²) < 4.78 is 33.8. The van der Waals surface area contributed by atoms with Crippen LogP contribution in [0.5, 0.6) is 5.75 Å². The molecular weight excluding hydrogens is 482 g/mol. The Morgan fingerprint density at radius 3 is 2.26 bits per heavy atom. The molecule has 1 amide bonds. The van der Waals surface area contributed by atoms with Gasteiger partial charge in [0.25, 0.3) is 15.9 Å². The number of amides is 1. The molecule has 35 heavy (non-hydrogen) atoms. The van der Waals surface area contributed by atoms with E-state index in [1.807, 2.05) is 33.8 Å². The van der Waals surface area contributed by atoms with Gasteiger partial charge in [0.1, 0.15) is 5.75 Å². The third-order valence-corrected chi connectivity index (χ3v) is 6.71. The van der Waals surface area contributed by atoms with E-state index in [0.717, 1.165) is 11.1 Å². The van der Waals surface area contributed by atoms with Crippen LogP contribution in [0.4, 0.5) is 11.4 Å². The highest BCUT2D eigenvalue weighted by molar-refractivity contribution is 7.92. The van der Waals surface area contributed by atoms with Gasteiger partial charge in [-0.2, -0.15) is 0 Å². The van der Waals surface area contributed by atoms with E-state index in [4.69, 9.17) is 17.0 Å². The number of nitrogens with one attached hydrogen (secondary N) is 3. The average Bonchev–Trinajstić information content (AvgIpc) is 2.80. The molecule has 0 radical (unpaired) electrons. The molecule has 0 bridgehead atoms. The predicted molar refractivity (Wildman–Crippen MR) is 144 cm³/mol. The highest BCUT2D eigenvalue weighted by Crippen LogP contribution is 2.21. The number of hydrogen-bond donors (Lipinski definition) is 3. The summed E-state index contributed by atoms with van der Waals surface area (Å²) in [4.78, 5) is 12.8. The molecule has 0 fully saturated rings. The van der Waals surface area contributed by atoms with Gasteiger partial charge in [-0.1, -0.05) is 32.0 Å². The second-order valence-corrected chi connectivity index (χ2v) is 10.6. The third-order valence-electron chi connectivity index (χ3n) is 5.11. The van der Waals surface area contributed by atoms with Crippen LogP contribution < -0.4 is 20.1 Å². The molecule has 3 rings (SSSR count). The highest BCUT2D eigenvalue weighted by atomic mass is 32.2. The smallest absolute Gasteiger partial charge is 0.261 e. The van der Waals surface area contributed by atoms with Crippen LogP contribution in [0.3, 0.4) is 0 Å². The summed E-state index contributed by atoms with van der Waals surface area (Å²) in [6.07, 6.45) is 0. The lowest BCUT2D eigenvalue weighted by atomic mass is 10.1. The summed E-state index contributed by atoms with van der Waals surface area (Å²) >= 11 is 5.26. The van der Waals surface area contributed by atoms with Crippen molar-refractivity contribution in [1.29, 1.82) is 0 Å². The molecule has 0 unspecified atom stereocenters. The minimum absolute atomic E-state index is 0.0810. The Morgan fingerprint density at radius 2 is 1.60 bits per heavy atom. The van der Waals surface area contributed by atoms with E-state index >= 15 is 0 Å². The van der Waals surface area contributed by atoms with Crippen LogP contribution in [0.1, 0.15) is 35.3 Å². The Kier molecular flexibility index (Phi) is 8.48. The van der Waals surface area contributed by atoms with Crippen molar-refractivity contribution in [3.05, 3.63) is 83.4 Å². The summed E-state index contributed by atoms with van der Waals surface area (Å²) in [5.41, 5.74) is 3.48. The SMILES string of the molecule is Cc1ccc(NS(=O)(=O)c2ccc(NC(=S)NC(=O)c3ccccc3OCC(C)C)cc2)cc1C. The van der Waals surface area contributed by atoms with E-state index < -0.39 is 15.9 Å². The first kappa shape index (κ1) is 26.2. The molecule has 3 N–H and O–H groups in total. The van der Waals surface area contributed by atoms with Gasteiger partial charge in [0.2, 0.25) is 0 Å². The topological polar surface area (TPSA) is 96.5 Å². The summed E-state index contributed by atoms with van der Waals surface area (Å²) in [6.45, 7) is 8.42. The van der Waals surface area contributed by atoms with Crippen molar-refractivity contribution in [3.8, 4) is 5.75 Å². The van der Waals surface area contributed by atoms with Crippen LogP contribution in [0.15, 0.2) is 71.6 Å². The zero-order valence-electron chi connectivity index (χ0n) is 20.1. The number of carbonyl (C=O) groups is 1. The van der Waals surface area contributed by atoms with Crippen molar-refractivity contribution >= 4 is 44.6 Å². The van der Waals surface area contributed by atoms with Gasteiger partial charge in [0.05, 0.1) is 17.1 Å². The Balaban J connectivity index is 1.63.